The van der Waals surface area contributed by atoms with Gasteiger partial charge in [-0.05, 0) is 30.9 Å². The Labute approximate surface area is 117 Å². The van der Waals surface area contributed by atoms with E-state index in [0.717, 1.165) is 5.56 Å². The Hall–Kier alpha value is -0.140. The van der Waals surface area contributed by atoms with Crippen LogP contribution in [0.15, 0.2) is 15.7 Å². The second kappa shape index (κ2) is 5.46. The standard InChI is InChI=1S/C11H16ClNO3S2/c1-8-5-13(6-9(2)16-8)18(14,15)11-3-10(4-12)7-17-11/h3,7-9H,4-6H2,1-2H3/t8-,9+. The van der Waals surface area contributed by atoms with Crippen molar-refractivity contribution in [3.05, 3.63) is 17.0 Å². The highest BCUT2D eigenvalue weighted by molar-refractivity contribution is 7.91. The first-order valence-corrected chi connectivity index (χ1v) is 8.58. The molecule has 7 heteroatoms. The molecule has 1 aliphatic heterocycles. The lowest BCUT2D eigenvalue weighted by molar-refractivity contribution is -0.0440. The van der Waals surface area contributed by atoms with Gasteiger partial charge in [0.15, 0.2) is 0 Å². The summed E-state index contributed by atoms with van der Waals surface area (Å²) in [6, 6.07) is 1.65. The van der Waals surface area contributed by atoms with Crippen molar-refractivity contribution in [1.29, 1.82) is 0 Å². The van der Waals surface area contributed by atoms with E-state index >= 15 is 0 Å². The number of morpholine rings is 1. The van der Waals surface area contributed by atoms with Crippen LogP contribution in [-0.2, 0) is 20.6 Å². The monoisotopic (exact) mass is 309 g/mol. The van der Waals surface area contributed by atoms with Crippen molar-refractivity contribution in [2.24, 2.45) is 0 Å². The van der Waals surface area contributed by atoms with Crippen LogP contribution in [0.4, 0.5) is 0 Å². The van der Waals surface area contributed by atoms with Crippen LogP contribution in [0, 0.1) is 0 Å². The molecule has 0 amide bonds. The van der Waals surface area contributed by atoms with Crippen molar-refractivity contribution in [3.63, 3.8) is 0 Å². The molecule has 1 aromatic heterocycles. The third kappa shape index (κ3) is 2.88. The maximum Gasteiger partial charge on any atom is 0.252 e. The summed E-state index contributed by atoms with van der Waals surface area (Å²) < 4.78 is 32.3. The fourth-order valence-corrected chi connectivity index (χ4v) is 5.21. The summed E-state index contributed by atoms with van der Waals surface area (Å²) in [5, 5.41) is 1.78. The number of sulfonamides is 1. The van der Waals surface area contributed by atoms with Gasteiger partial charge in [-0.15, -0.1) is 22.9 Å². The molecule has 0 aliphatic carbocycles. The number of hydrogen-bond donors (Lipinski definition) is 0. The highest BCUT2D eigenvalue weighted by Crippen LogP contribution is 2.27. The number of thiophene rings is 1. The molecule has 0 spiro atoms. The lowest BCUT2D eigenvalue weighted by atomic mass is 10.3. The molecule has 1 saturated heterocycles. The van der Waals surface area contributed by atoms with E-state index in [9.17, 15) is 8.42 Å². The van der Waals surface area contributed by atoms with Crippen molar-refractivity contribution < 1.29 is 13.2 Å². The molecular formula is C11H16ClNO3S2. The van der Waals surface area contributed by atoms with Crippen LogP contribution in [0.5, 0.6) is 0 Å². The maximum atomic E-state index is 12.4. The lowest BCUT2D eigenvalue weighted by Crippen LogP contribution is -2.47. The Morgan fingerprint density at radius 2 is 2.06 bits per heavy atom. The summed E-state index contributed by atoms with van der Waals surface area (Å²) in [5.41, 5.74) is 0.842. The number of halogens is 1. The van der Waals surface area contributed by atoms with Gasteiger partial charge < -0.3 is 4.74 Å². The average molecular weight is 310 g/mol. The van der Waals surface area contributed by atoms with Gasteiger partial charge in [0.05, 0.1) is 12.2 Å². The number of nitrogens with zero attached hydrogens (tertiary/aromatic N) is 1. The van der Waals surface area contributed by atoms with E-state index < -0.39 is 10.0 Å². The van der Waals surface area contributed by atoms with Crippen LogP contribution < -0.4 is 0 Å². The summed E-state index contributed by atoms with van der Waals surface area (Å²) >= 11 is 6.92. The summed E-state index contributed by atoms with van der Waals surface area (Å²) in [6.07, 6.45) is -0.146. The van der Waals surface area contributed by atoms with E-state index in [1.165, 1.54) is 15.6 Å². The van der Waals surface area contributed by atoms with Gasteiger partial charge in [-0.25, -0.2) is 8.42 Å². The summed E-state index contributed by atoms with van der Waals surface area (Å²) in [4.78, 5) is 0. The summed E-state index contributed by atoms with van der Waals surface area (Å²) in [6.45, 7) is 4.58. The van der Waals surface area contributed by atoms with Gasteiger partial charge in [-0.2, -0.15) is 4.31 Å². The molecule has 1 aromatic rings. The Morgan fingerprint density at radius 1 is 1.44 bits per heavy atom. The summed E-state index contributed by atoms with van der Waals surface area (Å²) in [5.74, 6) is 0.335. The van der Waals surface area contributed by atoms with E-state index in [4.69, 9.17) is 16.3 Å². The van der Waals surface area contributed by atoms with Gasteiger partial charge in [0.25, 0.3) is 10.0 Å². The zero-order valence-corrected chi connectivity index (χ0v) is 12.7. The first kappa shape index (κ1) is 14.3. The molecule has 102 valence electrons. The molecule has 4 nitrogen and oxygen atoms in total. The first-order chi connectivity index (χ1) is 8.43. The predicted octanol–water partition coefficient (Wildman–Crippen LogP) is 2.28. The molecule has 0 N–H and O–H groups in total. The Kier molecular flexibility index (Phi) is 4.33. The third-order valence-electron chi connectivity index (χ3n) is 2.76. The van der Waals surface area contributed by atoms with Crippen molar-refractivity contribution in [3.8, 4) is 0 Å². The van der Waals surface area contributed by atoms with Crippen molar-refractivity contribution in [1.82, 2.24) is 4.31 Å². The van der Waals surface area contributed by atoms with Gasteiger partial charge in [0, 0.05) is 19.0 Å². The van der Waals surface area contributed by atoms with Crippen LogP contribution in [0.2, 0.25) is 0 Å². The minimum Gasteiger partial charge on any atom is -0.373 e. The van der Waals surface area contributed by atoms with E-state index in [0.29, 0.717) is 23.2 Å². The van der Waals surface area contributed by atoms with Crippen molar-refractivity contribution in [2.75, 3.05) is 13.1 Å². The highest BCUT2D eigenvalue weighted by Gasteiger charge is 2.32. The molecule has 2 heterocycles. The second-order valence-electron chi connectivity index (χ2n) is 4.49. The normalized spacial score (nSPS) is 26.4. The molecule has 2 rings (SSSR count). The molecule has 2 atom stereocenters. The second-order valence-corrected chi connectivity index (χ2v) is 7.83. The molecule has 0 unspecified atom stereocenters. The van der Waals surface area contributed by atoms with Gasteiger partial charge in [-0.3, -0.25) is 0 Å². The average Bonchev–Trinajstić information content (AvgIpc) is 2.76. The van der Waals surface area contributed by atoms with Gasteiger partial charge >= 0.3 is 0 Å². The molecule has 1 fully saturated rings. The Balaban J connectivity index is 2.25. The van der Waals surface area contributed by atoms with Crippen molar-refractivity contribution in [2.45, 2.75) is 36.1 Å². The third-order valence-corrected chi connectivity index (χ3v) is 6.37. The molecule has 0 bridgehead atoms. The van der Waals surface area contributed by atoms with E-state index in [-0.39, 0.29) is 12.2 Å². The smallest absolute Gasteiger partial charge is 0.252 e. The van der Waals surface area contributed by atoms with Crippen LogP contribution in [0.3, 0.4) is 0 Å². The number of alkyl halides is 1. The van der Waals surface area contributed by atoms with Gasteiger partial charge in [-0.1, -0.05) is 0 Å². The van der Waals surface area contributed by atoms with E-state index in [1.807, 2.05) is 13.8 Å². The molecule has 0 aromatic carbocycles. The zero-order valence-electron chi connectivity index (χ0n) is 10.3. The van der Waals surface area contributed by atoms with Crippen LogP contribution in [0.1, 0.15) is 19.4 Å². The Morgan fingerprint density at radius 3 is 2.56 bits per heavy atom. The quantitative estimate of drug-likeness (QED) is 0.805. The Bertz CT molecular complexity index is 504. The lowest BCUT2D eigenvalue weighted by Gasteiger charge is -2.34. The molecule has 0 saturated carbocycles. The minimum absolute atomic E-state index is 0.0732. The fraction of sp³-hybridized carbons (Fsp3) is 0.636. The fourth-order valence-electron chi connectivity index (χ4n) is 2.01. The van der Waals surface area contributed by atoms with Crippen molar-refractivity contribution >= 4 is 33.0 Å². The minimum atomic E-state index is -3.40. The summed E-state index contributed by atoms with van der Waals surface area (Å²) in [7, 11) is -3.40. The maximum absolute atomic E-state index is 12.4. The molecule has 18 heavy (non-hydrogen) atoms. The topological polar surface area (TPSA) is 46.6 Å². The molecule has 0 radical (unpaired) electrons. The number of rotatable bonds is 3. The SMILES string of the molecule is C[C@@H]1CN(S(=O)(=O)c2cc(CCl)cs2)C[C@H](C)O1. The number of ether oxygens (including phenoxy) is 1. The molecular weight excluding hydrogens is 294 g/mol. The largest absolute Gasteiger partial charge is 0.373 e. The van der Waals surface area contributed by atoms with E-state index in [1.54, 1.807) is 11.4 Å². The van der Waals surface area contributed by atoms with E-state index in [2.05, 4.69) is 0 Å². The number of hydrogen-bond acceptors (Lipinski definition) is 4. The van der Waals surface area contributed by atoms with Gasteiger partial charge in [0.2, 0.25) is 0 Å². The first-order valence-electron chi connectivity index (χ1n) is 5.72. The van der Waals surface area contributed by atoms with Crippen LogP contribution in [-0.4, -0.2) is 38.0 Å². The van der Waals surface area contributed by atoms with Crippen LogP contribution >= 0.6 is 22.9 Å². The predicted molar refractivity (Wildman–Crippen MR) is 72.6 cm³/mol. The van der Waals surface area contributed by atoms with Crippen LogP contribution in [0.25, 0.3) is 0 Å². The van der Waals surface area contributed by atoms with Gasteiger partial charge in [0.1, 0.15) is 4.21 Å². The molecule has 1 aliphatic rings. The highest BCUT2D eigenvalue weighted by atomic mass is 35.5. The zero-order chi connectivity index (χ0) is 13.3.